The molecule has 0 aromatic heterocycles. The normalized spacial score (nSPS) is 22.4. The minimum Gasteiger partial charge on any atom is -0.466 e. The molecule has 134 valence electrons. The molecule has 0 saturated carbocycles. The highest BCUT2D eigenvalue weighted by atomic mass is 19.1. The molecule has 6 heteroatoms. The van der Waals surface area contributed by atoms with Crippen LogP contribution in [0.2, 0.25) is 0 Å². The maximum atomic E-state index is 13.7. The Kier molecular flexibility index (Phi) is 4.31. The van der Waals surface area contributed by atoms with Crippen molar-refractivity contribution in [2.24, 2.45) is 0 Å². The number of nitrogens with zero attached hydrogens (tertiary/aromatic N) is 1. The Morgan fingerprint density at radius 1 is 1.20 bits per heavy atom. The molecule has 1 aromatic carbocycles. The van der Waals surface area contributed by atoms with Crippen LogP contribution in [-0.4, -0.2) is 41.8 Å². The number of esters is 1. The summed E-state index contributed by atoms with van der Waals surface area (Å²) in [4.78, 5) is 26.6. The fourth-order valence-corrected chi connectivity index (χ4v) is 3.67. The second kappa shape index (κ2) is 6.17. The monoisotopic (exact) mass is 347 g/mol. The third-order valence-corrected chi connectivity index (χ3v) is 4.49. The highest BCUT2D eigenvalue weighted by Gasteiger charge is 2.52. The van der Waals surface area contributed by atoms with Crippen LogP contribution in [0.1, 0.15) is 39.2 Å². The lowest BCUT2D eigenvalue weighted by atomic mass is 9.87. The molecule has 3 rings (SSSR count). The molecule has 0 N–H and O–H groups in total. The molecule has 25 heavy (non-hydrogen) atoms. The summed E-state index contributed by atoms with van der Waals surface area (Å²) in [5.74, 6) is -0.874. The molecule has 2 aliphatic rings. The van der Waals surface area contributed by atoms with E-state index in [0.717, 1.165) is 0 Å². The van der Waals surface area contributed by atoms with Crippen molar-refractivity contribution in [3.63, 3.8) is 0 Å². The highest BCUT2D eigenvalue weighted by Crippen LogP contribution is 2.47. The Morgan fingerprint density at radius 2 is 1.88 bits per heavy atom. The van der Waals surface area contributed by atoms with Gasteiger partial charge in [0, 0.05) is 0 Å². The molecule has 1 amide bonds. The van der Waals surface area contributed by atoms with Gasteiger partial charge in [0.25, 0.3) is 0 Å². The lowest BCUT2D eigenvalue weighted by Gasteiger charge is -2.28. The summed E-state index contributed by atoms with van der Waals surface area (Å²) >= 11 is 0. The lowest BCUT2D eigenvalue weighted by Crippen LogP contribution is -2.41. The number of carbonyl (C=O) groups is 2. The number of amides is 1. The van der Waals surface area contributed by atoms with E-state index in [1.54, 1.807) is 37.8 Å². The molecule has 0 spiro atoms. The predicted molar refractivity (Wildman–Crippen MR) is 90.2 cm³/mol. The number of methoxy groups -OCH3 is 1. The first-order chi connectivity index (χ1) is 11.7. The Bertz CT molecular complexity index is 750. The van der Waals surface area contributed by atoms with E-state index in [0.29, 0.717) is 29.6 Å². The Labute approximate surface area is 146 Å². The number of fused-ring (bicyclic) bond motifs is 2. The lowest BCUT2D eigenvalue weighted by molar-refractivity contribution is -0.136. The molecule has 2 atom stereocenters. The number of benzene rings is 1. The van der Waals surface area contributed by atoms with E-state index in [4.69, 9.17) is 9.47 Å². The highest BCUT2D eigenvalue weighted by molar-refractivity contribution is 6.03. The zero-order chi connectivity index (χ0) is 18.4. The van der Waals surface area contributed by atoms with E-state index >= 15 is 0 Å². The van der Waals surface area contributed by atoms with Gasteiger partial charge < -0.3 is 9.47 Å². The maximum Gasteiger partial charge on any atom is 0.411 e. The quantitative estimate of drug-likeness (QED) is 0.768. The minimum atomic E-state index is -0.635. The van der Waals surface area contributed by atoms with Crippen molar-refractivity contribution in [2.75, 3.05) is 7.11 Å². The van der Waals surface area contributed by atoms with E-state index in [-0.39, 0.29) is 11.9 Å². The summed E-state index contributed by atoms with van der Waals surface area (Å²) in [5, 5.41) is 0. The standard InChI is InChI=1S/C19H22FNO4/c1-19(2,3)25-18(23)21-13-8-9-14(21)16(17(22)24-4)15(13)11-6-5-7-12(20)10-11/h5-7,10,13-14H,8-9H2,1-4H3. The zero-order valence-corrected chi connectivity index (χ0v) is 14.8. The molecule has 1 aromatic rings. The van der Waals surface area contributed by atoms with Gasteiger partial charge in [0.05, 0.1) is 24.8 Å². The smallest absolute Gasteiger partial charge is 0.411 e. The molecular weight excluding hydrogens is 325 g/mol. The van der Waals surface area contributed by atoms with Gasteiger partial charge in [-0.25, -0.2) is 14.0 Å². The van der Waals surface area contributed by atoms with Gasteiger partial charge in [-0.05, 0) is 56.9 Å². The van der Waals surface area contributed by atoms with Crippen LogP contribution in [0.5, 0.6) is 0 Å². The Hall–Kier alpha value is -2.37. The van der Waals surface area contributed by atoms with Gasteiger partial charge in [-0.1, -0.05) is 12.1 Å². The molecule has 1 saturated heterocycles. The van der Waals surface area contributed by atoms with Crippen molar-refractivity contribution in [1.29, 1.82) is 0 Å². The van der Waals surface area contributed by atoms with Gasteiger partial charge >= 0.3 is 12.1 Å². The van der Waals surface area contributed by atoms with E-state index in [1.165, 1.54) is 19.2 Å². The van der Waals surface area contributed by atoms with E-state index in [9.17, 15) is 14.0 Å². The van der Waals surface area contributed by atoms with Crippen LogP contribution in [0, 0.1) is 5.82 Å². The predicted octanol–water partition coefficient (Wildman–Crippen LogP) is 3.53. The Balaban J connectivity index is 2.03. The van der Waals surface area contributed by atoms with Crippen molar-refractivity contribution in [3.8, 4) is 0 Å². The number of rotatable bonds is 2. The molecule has 5 nitrogen and oxygen atoms in total. The van der Waals surface area contributed by atoms with Gasteiger partial charge in [-0.15, -0.1) is 0 Å². The topological polar surface area (TPSA) is 55.8 Å². The summed E-state index contributed by atoms with van der Waals surface area (Å²) in [6, 6.07) is 5.36. The van der Waals surface area contributed by atoms with Gasteiger partial charge in [-0.2, -0.15) is 0 Å². The third kappa shape index (κ3) is 3.13. The van der Waals surface area contributed by atoms with Crippen LogP contribution in [0.4, 0.5) is 9.18 Å². The largest absolute Gasteiger partial charge is 0.466 e. The number of carbonyl (C=O) groups excluding carboxylic acids is 2. The molecule has 2 unspecified atom stereocenters. The average Bonchev–Trinajstić information content (AvgIpc) is 3.08. The molecule has 2 aliphatic heterocycles. The van der Waals surface area contributed by atoms with Crippen molar-refractivity contribution in [3.05, 3.63) is 41.2 Å². The number of halogens is 1. The molecule has 0 aliphatic carbocycles. The van der Waals surface area contributed by atoms with Crippen molar-refractivity contribution < 1.29 is 23.5 Å². The van der Waals surface area contributed by atoms with Crippen LogP contribution in [0.25, 0.3) is 5.57 Å². The van der Waals surface area contributed by atoms with Crippen LogP contribution in [0.3, 0.4) is 0 Å². The fourth-order valence-electron chi connectivity index (χ4n) is 3.67. The molecule has 2 bridgehead atoms. The summed E-state index contributed by atoms with van der Waals surface area (Å²) in [7, 11) is 1.31. The van der Waals surface area contributed by atoms with Gasteiger partial charge in [0.1, 0.15) is 11.4 Å². The zero-order valence-electron chi connectivity index (χ0n) is 14.8. The third-order valence-electron chi connectivity index (χ3n) is 4.49. The van der Waals surface area contributed by atoms with E-state index in [1.807, 2.05) is 0 Å². The summed E-state index contributed by atoms with van der Waals surface area (Å²) in [6.07, 6.45) is 0.899. The molecule has 2 heterocycles. The van der Waals surface area contributed by atoms with Gasteiger partial charge in [0.2, 0.25) is 0 Å². The average molecular weight is 347 g/mol. The fraction of sp³-hybridized carbons (Fsp3) is 0.474. The van der Waals surface area contributed by atoms with Crippen LogP contribution in [0.15, 0.2) is 29.8 Å². The summed E-state index contributed by atoms with van der Waals surface area (Å²) < 4.78 is 24.1. The van der Waals surface area contributed by atoms with Gasteiger partial charge in [-0.3, -0.25) is 4.90 Å². The maximum absolute atomic E-state index is 13.7. The number of hydrogen-bond donors (Lipinski definition) is 0. The van der Waals surface area contributed by atoms with E-state index < -0.39 is 23.7 Å². The van der Waals surface area contributed by atoms with Gasteiger partial charge in [0.15, 0.2) is 0 Å². The first kappa shape index (κ1) is 17.5. The molecule has 0 radical (unpaired) electrons. The second-order valence-electron chi connectivity index (χ2n) is 7.33. The van der Waals surface area contributed by atoms with Crippen LogP contribution in [-0.2, 0) is 14.3 Å². The van der Waals surface area contributed by atoms with Crippen molar-refractivity contribution in [2.45, 2.75) is 51.3 Å². The Morgan fingerprint density at radius 3 is 2.48 bits per heavy atom. The minimum absolute atomic E-state index is 0.309. The SMILES string of the molecule is COC(=O)C1=C(c2cccc(F)c2)C2CCC1N2C(=O)OC(C)(C)C. The summed E-state index contributed by atoms with van der Waals surface area (Å²) in [6.45, 7) is 5.39. The number of hydrogen-bond acceptors (Lipinski definition) is 4. The molecular formula is C19H22FNO4. The second-order valence-corrected chi connectivity index (χ2v) is 7.33. The van der Waals surface area contributed by atoms with E-state index in [2.05, 4.69) is 0 Å². The molecule has 1 fully saturated rings. The van der Waals surface area contributed by atoms with Crippen molar-refractivity contribution >= 4 is 17.6 Å². The summed E-state index contributed by atoms with van der Waals surface area (Å²) in [5.41, 5.74) is 1.05. The number of ether oxygens (including phenoxy) is 2. The first-order valence-corrected chi connectivity index (χ1v) is 8.32. The first-order valence-electron chi connectivity index (χ1n) is 8.32. The van der Waals surface area contributed by atoms with Crippen LogP contribution >= 0.6 is 0 Å². The van der Waals surface area contributed by atoms with Crippen molar-refractivity contribution in [1.82, 2.24) is 4.90 Å². The van der Waals surface area contributed by atoms with Crippen LogP contribution < -0.4 is 0 Å².